The molecule has 0 aliphatic carbocycles. The molecule has 54 heavy (non-hydrogen) atoms. The topological polar surface area (TPSA) is 146 Å². The Balaban J connectivity index is 0.000000247. The SMILES string of the molecule is C1CCOC1.Cl.Clc1ncc(Br)cn1.FC1(F)CCN(c2ncc(Br)cn2)CC1.FC1(F)CCNCC1.OB(O)c1cnc(N2CCC(F)(F)CC2)nc1. The fraction of sp³-hybridized carbons (Fsp3) is 0.613. The maximum absolute atomic E-state index is 12.9. The fourth-order valence-electron chi connectivity index (χ4n) is 4.76. The lowest BCUT2D eigenvalue weighted by Gasteiger charge is -2.31. The standard InChI is InChI=1S/C9H12BF2N3O2.C9H10BrF2N3.C5H9F2N.C4H2BrClN2.C4H8O.ClH/c11-9(12)1-3-15(4-2-9)8-13-5-7(6-14-8)10(16)17;10-7-5-13-8(14-6-7)15-3-1-9(11,12)2-4-15;6-5(7)1-3-8-4-2-5;5-3-1-7-4(6)8-2-3;1-2-4-5-3-1;/h5-6,16-17H,1-4H2;5-6H,1-4H2;8H,1-4H2;1-2H;1-4H2;1H. The van der Waals surface area contributed by atoms with Crippen molar-refractivity contribution in [1.82, 2.24) is 35.2 Å². The molecule has 4 aliphatic rings. The summed E-state index contributed by atoms with van der Waals surface area (Å²) in [5.74, 6) is -6.65. The van der Waals surface area contributed by atoms with Crippen molar-refractivity contribution in [3.8, 4) is 0 Å². The lowest BCUT2D eigenvalue weighted by Crippen LogP contribution is -2.40. The molecule has 3 aromatic heterocycles. The molecule has 0 atom stereocenters. The van der Waals surface area contributed by atoms with E-state index < -0.39 is 24.9 Å². The number of anilines is 2. The molecule has 12 nitrogen and oxygen atoms in total. The van der Waals surface area contributed by atoms with Crippen molar-refractivity contribution < 1.29 is 41.1 Å². The van der Waals surface area contributed by atoms with E-state index in [0.717, 1.165) is 22.2 Å². The van der Waals surface area contributed by atoms with Gasteiger partial charge in [-0.15, -0.1) is 12.4 Å². The summed E-state index contributed by atoms with van der Waals surface area (Å²) in [6.45, 7) is 3.96. The molecular formula is C31H42BBr2Cl2F6N9O3. The third kappa shape index (κ3) is 19.1. The zero-order valence-corrected chi connectivity index (χ0v) is 33.8. The van der Waals surface area contributed by atoms with Gasteiger partial charge >= 0.3 is 7.12 Å². The van der Waals surface area contributed by atoms with E-state index in [4.69, 9.17) is 26.4 Å². The maximum atomic E-state index is 12.9. The van der Waals surface area contributed by atoms with Crippen LogP contribution in [0.3, 0.4) is 0 Å². The van der Waals surface area contributed by atoms with E-state index in [0.29, 0.717) is 38.1 Å². The third-order valence-corrected chi connectivity index (χ3v) is 8.88. The van der Waals surface area contributed by atoms with Crippen molar-refractivity contribution in [3.63, 3.8) is 0 Å². The highest BCUT2D eigenvalue weighted by Crippen LogP contribution is 2.30. The highest BCUT2D eigenvalue weighted by atomic mass is 79.9. The van der Waals surface area contributed by atoms with E-state index in [1.54, 1.807) is 34.6 Å². The predicted molar refractivity (Wildman–Crippen MR) is 203 cm³/mol. The normalized spacial score (nSPS) is 19.4. The molecule has 4 saturated heterocycles. The molecule has 302 valence electrons. The quantitative estimate of drug-likeness (QED) is 0.161. The Morgan fingerprint density at radius 2 is 0.981 bits per heavy atom. The number of hydrogen-bond acceptors (Lipinski definition) is 12. The summed E-state index contributed by atoms with van der Waals surface area (Å²) >= 11 is 11.8. The van der Waals surface area contributed by atoms with Crippen molar-refractivity contribution in [2.45, 2.75) is 69.1 Å². The minimum absolute atomic E-state index is 0. The Hall–Kier alpha value is -2.14. The summed E-state index contributed by atoms with van der Waals surface area (Å²) in [5, 5.41) is 20.8. The van der Waals surface area contributed by atoms with Crippen LogP contribution in [0.5, 0.6) is 0 Å². The Bertz CT molecular complexity index is 1430. The summed E-state index contributed by atoms with van der Waals surface area (Å²) in [5.41, 5.74) is 0.177. The first kappa shape index (κ1) is 48.0. The zero-order chi connectivity index (χ0) is 38.9. The minimum atomic E-state index is -2.60. The van der Waals surface area contributed by atoms with Crippen LogP contribution in [0.4, 0.5) is 38.2 Å². The Kier molecular flexibility index (Phi) is 21.2. The van der Waals surface area contributed by atoms with Crippen LogP contribution >= 0.6 is 55.9 Å². The zero-order valence-electron chi connectivity index (χ0n) is 29.0. The van der Waals surface area contributed by atoms with Crippen molar-refractivity contribution in [3.05, 3.63) is 51.4 Å². The van der Waals surface area contributed by atoms with E-state index in [1.165, 1.54) is 25.2 Å². The van der Waals surface area contributed by atoms with Crippen LogP contribution in [0, 0.1) is 0 Å². The smallest absolute Gasteiger partial charge is 0.423 e. The number of halogens is 10. The second-order valence-corrected chi connectivity index (χ2v) is 14.3. The Morgan fingerprint density at radius 1 is 0.630 bits per heavy atom. The van der Waals surface area contributed by atoms with Gasteiger partial charge in [0.05, 0.1) is 8.95 Å². The van der Waals surface area contributed by atoms with Gasteiger partial charge in [0, 0.05) is 134 Å². The van der Waals surface area contributed by atoms with Crippen molar-refractivity contribution >= 4 is 80.3 Å². The Labute approximate surface area is 338 Å². The fourth-order valence-corrected chi connectivity index (χ4v) is 5.27. The van der Waals surface area contributed by atoms with Gasteiger partial charge in [0.1, 0.15) is 0 Å². The monoisotopic (exact) mass is 941 g/mol. The van der Waals surface area contributed by atoms with Crippen molar-refractivity contribution in [1.29, 1.82) is 0 Å². The summed E-state index contributed by atoms with van der Waals surface area (Å²) in [4.78, 5) is 26.8. The molecule has 0 saturated carbocycles. The number of alkyl halides is 6. The lowest BCUT2D eigenvalue weighted by atomic mass is 9.83. The summed E-state index contributed by atoms with van der Waals surface area (Å²) in [6, 6.07) is 0. The predicted octanol–water partition coefficient (Wildman–Crippen LogP) is 5.98. The molecular weight excluding hydrogens is 902 g/mol. The molecule has 7 heterocycles. The van der Waals surface area contributed by atoms with Crippen LogP contribution in [0.1, 0.15) is 51.4 Å². The molecule has 0 aromatic carbocycles. The molecule has 4 aliphatic heterocycles. The van der Waals surface area contributed by atoms with Gasteiger partial charge in [-0.05, 0) is 56.3 Å². The number of hydrogen-bond donors (Lipinski definition) is 3. The highest BCUT2D eigenvalue weighted by Gasteiger charge is 2.36. The van der Waals surface area contributed by atoms with E-state index in [2.05, 4.69) is 67.1 Å². The van der Waals surface area contributed by atoms with Gasteiger partial charge in [0.2, 0.25) is 17.2 Å². The van der Waals surface area contributed by atoms with E-state index in [1.807, 2.05) is 0 Å². The van der Waals surface area contributed by atoms with E-state index >= 15 is 0 Å². The van der Waals surface area contributed by atoms with Gasteiger partial charge < -0.3 is 29.9 Å². The number of nitrogens with one attached hydrogen (secondary N) is 1. The molecule has 3 aromatic rings. The van der Waals surface area contributed by atoms with Gasteiger partial charge in [-0.2, -0.15) is 0 Å². The van der Waals surface area contributed by atoms with Gasteiger partial charge in [-0.3, -0.25) is 0 Å². The lowest BCUT2D eigenvalue weighted by molar-refractivity contribution is -0.0275. The van der Waals surface area contributed by atoms with Crippen molar-refractivity contribution in [2.24, 2.45) is 0 Å². The second kappa shape index (κ2) is 23.8. The molecule has 0 spiro atoms. The molecule has 0 amide bonds. The molecule has 3 N–H and O–H groups in total. The molecule has 0 bridgehead atoms. The first-order valence-electron chi connectivity index (χ1n) is 16.7. The minimum Gasteiger partial charge on any atom is -0.423 e. The van der Waals surface area contributed by atoms with E-state index in [-0.39, 0.29) is 74.8 Å². The largest absolute Gasteiger partial charge is 0.491 e. The van der Waals surface area contributed by atoms with Crippen molar-refractivity contribution in [2.75, 3.05) is 62.3 Å². The van der Waals surface area contributed by atoms with E-state index in [9.17, 15) is 26.3 Å². The van der Waals surface area contributed by atoms with Gasteiger partial charge in [0.15, 0.2) is 0 Å². The van der Waals surface area contributed by atoms with Crippen LogP contribution in [0.25, 0.3) is 0 Å². The number of aromatic nitrogens is 6. The van der Waals surface area contributed by atoms with Gasteiger partial charge in [-0.25, -0.2) is 56.2 Å². The van der Waals surface area contributed by atoms with Crippen LogP contribution in [0.15, 0.2) is 46.1 Å². The van der Waals surface area contributed by atoms with Crippen LogP contribution in [-0.4, -0.2) is 117 Å². The third-order valence-electron chi connectivity index (χ3n) is 7.87. The summed E-state index contributed by atoms with van der Waals surface area (Å²) in [7, 11) is -1.62. The van der Waals surface area contributed by atoms with Gasteiger partial charge in [0.25, 0.3) is 17.8 Å². The average Bonchev–Trinajstić information content (AvgIpc) is 3.72. The number of piperidine rings is 3. The summed E-state index contributed by atoms with van der Waals surface area (Å²) < 4.78 is 82.5. The first-order valence-corrected chi connectivity index (χ1v) is 18.7. The maximum Gasteiger partial charge on any atom is 0.491 e. The molecule has 0 radical (unpaired) electrons. The van der Waals surface area contributed by atoms with Crippen LogP contribution < -0.4 is 20.6 Å². The molecule has 4 fully saturated rings. The van der Waals surface area contributed by atoms with Crippen LogP contribution in [-0.2, 0) is 4.74 Å². The molecule has 0 unspecified atom stereocenters. The van der Waals surface area contributed by atoms with Gasteiger partial charge in [-0.1, -0.05) is 0 Å². The number of rotatable bonds is 3. The molecule has 23 heteroatoms. The molecule has 7 rings (SSSR count). The average molecular weight is 944 g/mol. The highest BCUT2D eigenvalue weighted by molar-refractivity contribution is 9.10. The first-order chi connectivity index (χ1) is 25.0. The number of ether oxygens (including phenoxy) is 1. The van der Waals surface area contributed by atoms with Crippen LogP contribution in [0.2, 0.25) is 5.28 Å². The number of nitrogens with zero attached hydrogens (tertiary/aromatic N) is 8. The second-order valence-electron chi connectivity index (χ2n) is 12.2. The summed E-state index contributed by atoms with van der Waals surface area (Å²) in [6.07, 6.45) is 10.9. The Morgan fingerprint density at radius 3 is 1.28 bits per heavy atom.